The van der Waals surface area contributed by atoms with Gasteiger partial charge >= 0.3 is 0 Å². The molecule has 0 aliphatic carbocycles. The number of hydrogen-bond donors (Lipinski definition) is 2. The zero-order valence-electron chi connectivity index (χ0n) is 10.9. The minimum atomic E-state index is -4.14. The molecule has 0 unspecified atom stereocenters. The van der Waals surface area contributed by atoms with Crippen molar-refractivity contribution >= 4 is 21.4 Å². The van der Waals surface area contributed by atoms with E-state index < -0.39 is 21.7 Å². The van der Waals surface area contributed by atoms with Gasteiger partial charge in [-0.15, -0.1) is 0 Å². The first-order valence-corrected chi connectivity index (χ1v) is 7.23. The van der Waals surface area contributed by atoms with Crippen LogP contribution in [-0.2, 0) is 10.0 Å². The van der Waals surface area contributed by atoms with Crippen molar-refractivity contribution in [3.63, 3.8) is 0 Å². The summed E-state index contributed by atoms with van der Waals surface area (Å²) in [7, 11) is -2.88. The van der Waals surface area contributed by atoms with Gasteiger partial charge in [0, 0.05) is 5.69 Å². The van der Waals surface area contributed by atoms with E-state index in [0.717, 1.165) is 24.3 Å². The summed E-state index contributed by atoms with van der Waals surface area (Å²) < 4.78 is 58.0. The molecular weight excluding hydrogens is 302 g/mol. The minimum absolute atomic E-state index is 0.0934. The molecule has 21 heavy (non-hydrogen) atoms. The van der Waals surface area contributed by atoms with Gasteiger partial charge in [-0.2, -0.15) is 0 Å². The molecule has 2 aromatic carbocycles. The normalized spacial score (nSPS) is 11.2. The van der Waals surface area contributed by atoms with Crippen LogP contribution in [0.4, 0.5) is 20.2 Å². The summed E-state index contributed by atoms with van der Waals surface area (Å²) in [5.41, 5.74) is 5.35. The Labute approximate surface area is 120 Å². The van der Waals surface area contributed by atoms with E-state index in [1.165, 1.54) is 19.2 Å². The first-order valence-electron chi connectivity index (χ1n) is 5.75. The third kappa shape index (κ3) is 3.22. The number of nitrogen functional groups attached to an aromatic ring is 1. The van der Waals surface area contributed by atoms with Gasteiger partial charge in [0.15, 0.2) is 11.6 Å². The number of methoxy groups -OCH3 is 1. The lowest BCUT2D eigenvalue weighted by molar-refractivity contribution is 0.385. The molecule has 8 heteroatoms. The smallest absolute Gasteiger partial charge is 0.262 e. The number of halogens is 2. The van der Waals surface area contributed by atoms with Gasteiger partial charge in [0.2, 0.25) is 0 Å². The first-order chi connectivity index (χ1) is 9.83. The molecule has 0 bridgehead atoms. The van der Waals surface area contributed by atoms with Crippen LogP contribution in [0.15, 0.2) is 41.3 Å². The standard InChI is InChI=1S/C13H12F2N2O3S/c1-20-13-5-3-9(7-11(13)15)21(18,19)17-12-6-8(16)2-4-10(12)14/h2-7,17H,16H2,1H3. The zero-order chi connectivity index (χ0) is 15.6. The number of ether oxygens (including phenoxy) is 1. The van der Waals surface area contributed by atoms with E-state index in [-0.39, 0.29) is 22.0 Å². The summed E-state index contributed by atoms with van der Waals surface area (Å²) in [6, 6.07) is 6.55. The number of anilines is 2. The molecule has 0 aliphatic rings. The maximum atomic E-state index is 13.6. The van der Waals surface area contributed by atoms with Gasteiger partial charge in [0.1, 0.15) is 5.82 Å². The van der Waals surface area contributed by atoms with Crippen LogP contribution in [0.2, 0.25) is 0 Å². The van der Waals surface area contributed by atoms with Gasteiger partial charge in [-0.1, -0.05) is 0 Å². The highest BCUT2D eigenvalue weighted by atomic mass is 32.2. The molecule has 0 saturated carbocycles. The van der Waals surface area contributed by atoms with Crippen molar-refractivity contribution < 1.29 is 21.9 Å². The van der Waals surface area contributed by atoms with Gasteiger partial charge in [-0.3, -0.25) is 4.72 Å². The van der Waals surface area contributed by atoms with Crippen LogP contribution < -0.4 is 15.2 Å². The van der Waals surface area contributed by atoms with Crippen molar-refractivity contribution in [3.8, 4) is 5.75 Å². The van der Waals surface area contributed by atoms with Crippen molar-refractivity contribution in [2.45, 2.75) is 4.90 Å². The van der Waals surface area contributed by atoms with Crippen LogP contribution in [0.25, 0.3) is 0 Å². The molecule has 5 nitrogen and oxygen atoms in total. The molecule has 0 amide bonds. The number of hydrogen-bond acceptors (Lipinski definition) is 4. The van der Waals surface area contributed by atoms with Gasteiger partial charge in [0.05, 0.1) is 17.7 Å². The Hall–Kier alpha value is -2.35. The molecule has 0 heterocycles. The van der Waals surface area contributed by atoms with E-state index in [0.29, 0.717) is 0 Å². The fourth-order valence-electron chi connectivity index (χ4n) is 1.64. The summed E-state index contributed by atoms with van der Waals surface area (Å²) >= 11 is 0. The Morgan fingerprint density at radius 1 is 1.10 bits per heavy atom. The van der Waals surface area contributed by atoms with Crippen LogP contribution in [-0.4, -0.2) is 15.5 Å². The second-order valence-corrected chi connectivity index (χ2v) is 5.82. The predicted molar refractivity (Wildman–Crippen MR) is 74.6 cm³/mol. The lowest BCUT2D eigenvalue weighted by Crippen LogP contribution is -2.14. The van der Waals surface area contributed by atoms with E-state index in [2.05, 4.69) is 0 Å². The third-order valence-corrected chi connectivity index (χ3v) is 4.03. The van der Waals surface area contributed by atoms with Crippen molar-refractivity contribution in [3.05, 3.63) is 48.0 Å². The zero-order valence-corrected chi connectivity index (χ0v) is 11.7. The fraction of sp³-hybridized carbons (Fsp3) is 0.0769. The molecule has 2 aromatic rings. The third-order valence-electron chi connectivity index (χ3n) is 2.67. The maximum absolute atomic E-state index is 13.6. The molecule has 2 rings (SSSR count). The molecular formula is C13H12F2N2O3S. The largest absolute Gasteiger partial charge is 0.494 e. The fourth-order valence-corrected chi connectivity index (χ4v) is 2.71. The average molecular weight is 314 g/mol. The monoisotopic (exact) mass is 314 g/mol. The van der Waals surface area contributed by atoms with Crippen molar-refractivity contribution in [1.29, 1.82) is 0 Å². The summed E-state index contributed by atoms with van der Waals surface area (Å²) in [6.07, 6.45) is 0. The molecule has 0 spiro atoms. The quantitative estimate of drug-likeness (QED) is 0.849. The van der Waals surface area contributed by atoms with Gasteiger partial charge < -0.3 is 10.5 Å². The highest BCUT2D eigenvalue weighted by molar-refractivity contribution is 7.92. The van der Waals surface area contributed by atoms with E-state index in [1.807, 2.05) is 4.72 Å². The second kappa shape index (κ2) is 5.57. The Bertz CT molecular complexity index is 779. The second-order valence-electron chi connectivity index (χ2n) is 4.14. The SMILES string of the molecule is COc1ccc(S(=O)(=O)Nc2cc(N)ccc2F)cc1F. The van der Waals surface area contributed by atoms with Crippen molar-refractivity contribution in [2.75, 3.05) is 17.6 Å². The average Bonchev–Trinajstić information content (AvgIpc) is 2.42. The maximum Gasteiger partial charge on any atom is 0.262 e. The van der Waals surface area contributed by atoms with E-state index in [4.69, 9.17) is 10.5 Å². The van der Waals surface area contributed by atoms with Crippen LogP contribution >= 0.6 is 0 Å². The molecule has 112 valence electrons. The number of nitrogens with one attached hydrogen (secondary N) is 1. The molecule has 0 aliphatic heterocycles. The summed E-state index contributed by atoms with van der Waals surface area (Å²) in [4.78, 5) is -0.359. The number of benzene rings is 2. The number of sulfonamides is 1. The van der Waals surface area contributed by atoms with E-state index >= 15 is 0 Å². The lowest BCUT2D eigenvalue weighted by atomic mass is 10.3. The Kier molecular flexibility index (Phi) is 3.99. The molecule has 3 N–H and O–H groups in total. The van der Waals surface area contributed by atoms with Crippen molar-refractivity contribution in [1.82, 2.24) is 0 Å². The molecule has 0 radical (unpaired) electrons. The summed E-state index contributed by atoms with van der Waals surface area (Å²) in [5.74, 6) is -1.72. The van der Waals surface area contributed by atoms with E-state index in [9.17, 15) is 17.2 Å². The summed E-state index contributed by atoms with van der Waals surface area (Å²) in [6.45, 7) is 0. The molecule has 0 atom stereocenters. The topological polar surface area (TPSA) is 81.4 Å². The molecule has 0 saturated heterocycles. The lowest BCUT2D eigenvalue weighted by Gasteiger charge is -2.10. The number of rotatable bonds is 4. The number of nitrogens with two attached hydrogens (primary N) is 1. The molecule has 0 fully saturated rings. The van der Waals surface area contributed by atoms with Crippen LogP contribution in [0.5, 0.6) is 5.75 Å². The highest BCUT2D eigenvalue weighted by Gasteiger charge is 2.18. The van der Waals surface area contributed by atoms with Gasteiger partial charge in [-0.25, -0.2) is 17.2 Å². The van der Waals surface area contributed by atoms with Gasteiger partial charge in [0.25, 0.3) is 10.0 Å². The van der Waals surface area contributed by atoms with Gasteiger partial charge in [-0.05, 0) is 36.4 Å². The Balaban J connectivity index is 2.38. The predicted octanol–water partition coefficient (Wildman–Crippen LogP) is 2.36. The highest BCUT2D eigenvalue weighted by Crippen LogP contribution is 2.24. The summed E-state index contributed by atoms with van der Waals surface area (Å²) in [5, 5.41) is 0. The van der Waals surface area contributed by atoms with Crippen LogP contribution in [0.1, 0.15) is 0 Å². The Morgan fingerprint density at radius 2 is 1.81 bits per heavy atom. The minimum Gasteiger partial charge on any atom is -0.494 e. The van der Waals surface area contributed by atoms with Crippen LogP contribution in [0, 0.1) is 11.6 Å². The van der Waals surface area contributed by atoms with Crippen LogP contribution in [0.3, 0.4) is 0 Å². The van der Waals surface area contributed by atoms with Crippen molar-refractivity contribution in [2.24, 2.45) is 0 Å². The van der Waals surface area contributed by atoms with E-state index in [1.54, 1.807) is 0 Å². The Morgan fingerprint density at radius 3 is 2.43 bits per heavy atom. The molecule has 0 aromatic heterocycles. The first kappa shape index (κ1) is 15.0.